The van der Waals surface area contributed by atoms with Crippen LogP contribution in [0.25, 0.3) is 16.9 Å². The fraction of sp³-hybridized carbons (Fsp3) is 0.368. The lowest BCUT2D eigenvalue weighted by molar-refractivity contribution is 0.0696. The summed E-state index contributed by atoms with van der Waals surface area (Å²) < 4.78 is 29.3. The van der Waals surface area contributed by atoms with E-state index < -0.39 is 12.4 Å². The molecule has 3 aromatic rings. The number of nitrogens with one attached hydrogen (secondary N) is 1. The normalized spacial score (nSPS) is 19.8. The largest absolute Gasteiger partial charge is 0.478 e. The van der Waals surface area contributed by atoms with Gasteiger partial charge in [0.2, 0.25) is 0 Å². The fourth-order valence-electron chi connectivity index (χ4n) is 3.63. The molecule has 0 radical (unpaired) electrons. The van der Waals surface area contributed by atoms with Crippen LogP contribution >= 0.6 is 0 Å². The Bertz CT molecular complexity index is 1070. The maximum atomic E-state index is 13.9. The van der Waals surface area contributed by atoms with Crippen molar-refractivity contribution in [3.63, 3.8) is 0 Å². The number of halogens is 2. The minimum atomic E-state index is -2.75. The van der Waals surface area contributed by atoms with E-state index in [2.05, 4.69) is 20.3 Å². The third kappa shape index (κ3) is 3.39. The maximum Gasteiger partial charge on any atom is 0.335 e. The van der Waals surface area contributed by atoms with Gasteiger partial charge in [-0.05, 0) is 26.0 Å². The zero-order valence-electron chi connectivity index (χ0n) is 15.9. The number of carboxylic acids is 1. The van der Waals surface area contributed by atoms with Crippen LogP contribution in [0.3, 0.4) is 0 Å². The van der Waals surface area contributed by atoms with Crippen molar-refractivity contribution in [1.29, 1.82) is 0 Å². The van der Waals surface area contributed by atoms with Crippen molar-refractivity contribution in [2.45, 2.75) is 32.4 Å². The van der Waals surface area contributed by atoms with Crippen LogP contribution in [0.5, 0.6) is 0 Å². The van der Waals surface area contributed by atoms with Gasteiger partial charge in [0.25, 0.3) is 6.43 Å². The number of fused-ring (bicyclic) bond motifs is 1. The highest BCUT2D eigenvalue weighted by Gasteiger charge is 2.29. The predicted octanol–water partition coefficient (Wildman–Crippen LogP) is 2.64. The number of carboxylic acid groups (broad SMARTS) is 1. The van der Waals surface area contributed by atoms with Gasteiger partial charge in [-0.2, -0.15) is 0 Å². The summed E-state index contributed by atoms with van der Waals surface area (Å²) in [4.78, 5) is 26.0. The first-order chi connectivity index (χ1) is 13.9. The molecule has 2 atom stereocenters. The molecule has 0 unspecified atom stereocenters. The second-order valence-corrected chi connectivity index (χ2v) is 7.17. The second kappa shape index (κ2) is 7.36. The summed E-state index contributed by atoms with van der Waals surface area (Å²) in [7, 11) is 0. The van der Waals surface area contributed by atoms with Crippen molar-refractivity contribution < 1.29 is 18.7 Å². The van der Waals surface area contributed by atoms with E-state index in [0.717, 1.165) is 0 Å². The van der Waals surface area contributed by atoms with Crippen LogP contribution in [-0.4, -0.2) is 55.8 Å². The van der Waals surface area contributed by atoms with E-state index in [1.165, 1.54) is 35.4 Å². The topological polar surface area (TPSA) is 96.2 Å². The predicted molar refractivity (Wildman–Crippen MR) is 103 cm³/mol. The molecule has 2 N–H and O–H groups in total. The minimum Gasteiger partial charge on any atom is -0.478 e. The van der Waals surface area contributed by atoms with Gasteiger partial charge in [-0.3, -0.25) is 4.57 Å². The first-order valence-electron chi connectivity index (χ1n) is 9.20. The number of pyridine rings is 1. The molecule has 29 heavy (non-hydrogen) atoms. The highest BCUT2D eigenvalue weighted by atomic mass is 19.3. The molecule has 1 saturated heterocycles. The molecular formula is C19H20F2N6O2. The average Bonchev–Trinajstić information content (AvgIpc) is 3.10. The molecule has 1 aliphatic heterocycles. The lowest BCUT2D eigenvalue weighted by Crippen LogP contribution is -2.54. The van der Waals surface area contributed by atoms with E-state index in [1.807, 2.05) is 18.7 Å². The first-order valence-corrected chi connectivity index (χ1v) is 9.20. The molecule has 4 heterocycles. The van der Waals surface area contributed by atoms with Crippen LogP contribution in [0.15, 0.2) is 30.9 Å². The molecule has 0 aromatic carbocycles. The van der Waals surface area contributed by atoms with Crippen LogP contribution in [0, 0.1) is 0 Å². The Labute approximate surface area is 165 Å². The standard InChI is InChI=1S/C19H20F2N6O2/c1-10-7-26(11(2)6-23-10)17-15-13(16(20)21)8-27(18(15)25-9-24-17)14-5-12(19(28)29)3-4-22-14/h3-5,8-11,16,23H,6-7H2,1-2H3,(H,28,29)/t10-,11+/m1/s1. The molecular weight excluding hydrogens is 382 g/mol. The molecule has 1 fully saturated rings. The molecule has 4 rings (SSSR count). The van der Waals surface area contributed by atoms with Gasteiger partial charge in [-0.1, -0.05) is 0 Å². The summed E-state index contributed by atoms with van der Waals surface area (Å²) in [5, 5.41) is 12.9. The summed E-state index contributed by atoms with van der Waals surface area (Å²) in [5.41, 5.74) is 0.0597. The Morgan fingerprint density at radius 3 is 2.83 bits per heavy atom. The van der Waals surface area contributed by atoms with Gasteiger partial charge in [0, 0.05) is 43.1 Å². The van der Waals surface area contributed by atoms with Crippen molar-refractivity contribution >= 4 is 22.8 Å². The van der Waals surface area contributed by atoms with Crippen molar-refractivity contribution in [2.24, 2.45) is 0 Å². The van der Waals surface area contributed by atoms with Gasteiger partial charge in [0.05, 0.1) is 10.9 Å². The summed E-state index contributed by atoms with van der Waals surface area (Å²) >= 11 is 0. The number of rotatable bonds is 4. The molecule has 1 aliphatic rings. The zero-order valence-corrected chi connectivity index (χ0v) is 15.9. The van der Waals surface area contributed by atoms with Crippen LogP contribution in [0.2, 0.25) is 0 Å². The number of carbonyl (C=O) groups is 1. The number of hydrogen-bond acceptors (Lipinski definition) is 6. The van der Waals surface area contributed by atoms with E-state index >= 15 is 0 Å². The quantitative estimate of drug-likeness (QED) is 0.693. The number of anilines is 1. The van der Waals surface area contributed by atoms with Crippen LogP contribution < -0.4 is 10.2 Å². The molecule has 0 amide bonds. The molecule has 0 bridgehead atoms. The minimum absolute atomic E-state index is 0.00859. The van der Waals surface area contributed by atoms with Gasteiger partial charge in [0.15, 0.2) is 5.65 Å². The first kappa shape index (κ1) is 19.2. The van der Waals surface area contributed by atoms with Crippen molar-refractivity contribution in [2.75, 3.05) is 18.0 Å². The van der Waals surface area contributed by atoms with Crippen molar-refractivity contribution in [3.8, 4) is 5.82 Å². The molecule has 8 nitrogen and oxygen atoms in total. The molecule has 3 aromatic heterocycles. The summed E-state index contributed by atoms with van der Waals surface area (Å²) in [6, 6.07) is 2.92. The number of nitrogens with zero attached hydrogens (tertiary/aromatic N) is 5. The van der Waals surface area contributed by atoms with Crippen LogP contribution in [0.1, 0.15) is 36.2 Å². The average molecular weight is 402 g/mol. The molecule has 0 aliphatic carbocycles. The van der Waals surface area contributed by atoms with Gasteiger partial charge in [-0.25, -0.2) is 28.5 Å². The SMILES string of the molecule is C[C@@H]1CN(c2ncnc3c2c(C(F)F)cn3-c2cc(C(=O)O)ccn2)[C@@H](C)CN1. The van der Waals surface area contributed by atoms with Crippen molar-refractivity contribution in [1.82, 2.24) is 24.8 Å². The number of piperazine rings is 1. The summed E-state index contributed by atoms with van der Waals surface area (Å²) in [6.45, 7) is 5.36. The van der Waals surface area contributed by atoms with Crippen molar-refractivity contribution in [3.05, 3.63) is 42.0 Å². The van der Waals surface area contributed by atoms with E-state index in [9.17, 15) is 18.7 Å². The van der Waals surface area contributed by atoms with Gasteiger partial charge in [0.1, 0.15) is 18.0 Å². The third-order valence-corrected chi connectivity index (χ3v) is 5.10. The Kier molecular flexibility index (Phi) is 4.87. The number of alkyl halides is 2. The summed E-state index contributed by atoms with van der Waals surface area (Å²) in [6.07, 6.45) is 1.18. The van der Waals surface area contributed by atoms with E-state index in [1.54, 1.807) is 0 Å². The lowest BCUT2D eigenvalue weighted by Gasteiger charge is -2.38. The smallest absolute Gasteiger partial charge is 0.335 e. The second-order valence-electron chi connectivity index (χ2n) is 7.17. The fourth-order valence-corrected chi connectivity index (χ4v) is 3.63. The third-order valence-electron chi connectivity index (χ3n) is 5.10. The van der Waals surface area contributed by atoms with Crippen LogP contribution in [0.4, 0.5) is 14.6 Å². The number of aromatic nitrogens is 4. The maximum absolute atomic E-state index is 13.9. The highest BCUT2D eigenvalue weighted by Crippen LogP contribution is 2.36. The lowest BCUT2D eigenvalue weighted by atomic mass is 10.1. The Morgan fingerprint density at radius 1 is 1.31 bits per heavy atom. The Hall–Kier alpha value is -3.14. The molecule has 10 heteroatoms. The van der Waals surface area contributed by atoms with E-state index in [-0.39, 0.29) is 40.1 Å². The van der Waals surface area contributed by atoms with Gasteiger partial charge in [-0.15, -0.1) is 0 Å². The molecule has 0 spiro atoms. The Balaban J connectivity index is 1.93. The Morgan fingerprint density at radius 2 is 2.10 bits per heavy atom. The molecule has 152 valence electrons. The van der Waals surface area contributed by atoms with Gasteiger partial charge >= 0.3 is 5.97 Å². The highest BCUT2D eigenvalue weighted by molar-refractivity contribution is 5.93. The number of aromatic carboxylic acids is 1. The van der Waals surface area contributed by atoms with E-state index in [4.69, 9.17) is 0 Å². The monoisotopic (exact) mass is 402 g/mol. The van der Waals surface area contributed by atoms with Gasteiger partial charge < -0.3 is 15.3 Å². The number of hydrogen-bond donors (Lipinski definition) is 2. The molecule has 0 saturated carbocycles. The van der Waals surface area contributed by atoms with Crippen LogP contribution in [-0.2, 0) is 0 Å². The zero-order chi connectivity index (χ0) is 20.7. The summed E-state index contributed by atoms with van der Waals surface area (Å²) in [5.74, 6) is -0.481. The van der Waals surface area contributed by atoms with E-state index in [0.29, 0.717) is 18.9 Å².